The van der Waals surface area contributed by atoms with Gasteiger partial charge in [-0.25, -0.2) is 4.79 Å². The summed E-state index contributed by atoms with van der Waals surface area (Å²) >= 11 is 9.01. The van der Waals surface area contributed by atoms with Crippen LogP contribution in [-0.2, 0) is 0 Å². The third kappa shape index (κ3) is 1.45. The van der Waals surface area contributed by atoms with Gasteiger partial charge in [0.2, 0.25) is 0 Å². The van der Waals surface area contributed by atoms with Crippen molar-refractivity contribution in [2.24, 2.45) is 0 Å². The van der Waals surface area contributed by atoms with E-state index in [4.69, 9.17) is 5.11 Å². The zero-order valence-electron chi connectivity index (χ0n) is 6.82. The van der Waals surface area contributed by atoms with Crippen LogP contribution in [0.15, 0.2) is 26.9 Å². The van der Waals surface area contributed by atoms with E-state index in [2.05, 4.69) is 28.6 Å². The molecular weight excluding hydrogens is 284 g/mol. The molecule has 0 unspecified atom stereocenters. The number of hydrogen-bond acceptors (Lipinski definition) is 3. The highest BCUT2D eigenvalue weighted by molar-refractivity contribution is 9.10. The van der Waals surface area contributed by atoms with Crippen molar-refractivity contribution in [1.29, 1.82) is 0 Å². The van der Waals surface area contributed by atoms with Crippen LogP contribution in [0.2, 0.25) is 0 Å². The minimum Gasteiger partial charge on any atom is -0.478 e. The second-order valence-corrected chi connectivity index (χ2v) is 4.94. The van der Waals surface area contributed by atoms with Gasteiger partial charge in [-0.05, 0) is 33.4 Å². The number of carbonyl (C=O) groups is 1. The van der Waals surface area contributed by atoms with Gasteiger partial charge in [-0.1, -0.05) is 0 Å². The van der Waals surface area contributed by atoms with Crippen molar-refractivity contribution >= 4 is 56.0 Å². The molecule has 0 atom stereocenters. The number of halogens is 1. The lowest BCUT2D eigenvalue weighted by Gasteiger charge is -2.03. The molecule has 0 aliphatic carbocycles. The second kappa shape index (κ2) is 3.56. The number of rotatable bonds is 1. The number of thiol groups is 1. The summed E-state index contributed by atoms with van der Waals surface area (Å²) in [4.78, 5) is 11.4. The van der Waals surface area contributed by atoms with Gasteiger partial charge in [0.1, 0.15) is 0 Å². The SMILES string of the molecule is O=C(O)c1c(S)cc2sccc2c1Br. The minimum absolute atomic E-state index is 0.222. The van der Waals surface area contributed by atoms with E-state index >= 15 is 0 Å². The molecule has 0 amide bonds. The number of hydrogen-bond donors (Lipinski definition) is 2. The largest absolute Gasteiger partial charge is 0.478 e. The van der Waals surface area contributed by atoms with Crippen molar-refractivity contribution in [3.8, 4) is 0 Å². The molecule has 0 bridgehead atoms. The quantitative estimate of drug-likeness (QED) is 0.786. The van der Waals surface area contributed by atoms with Crippen LogP contribution in [0.3, 0.4) is 0 Å². The maximum Gasteiger partial charge on any atom is 0.338 e. The highest BCUT2D eigenvalue weighted by atomic mass is 79.9. The average Bonchev–Trinajstić information content (AvgIpc) is 2.50. The molecule has 0 aliphatic rings. The normalized spacial score (nSPS) is 10.7. The van der Waals surface area contributed by atoms with E-state index < -0.39 is 5.97 Å². The Kier molecular flexibility index (Phi) is 2.55. The molecule has 0 spiro atoms. The lowest BCUT2D eigenvalue weighted by molar-refractivity contribution is 0.0692. The average molecular weight is 289 g/mol. The monoisotopic (exact) mass is 288 g/mol. The maximum absolute atomic E-state index is 10.9. The zero-order chi connectivity index (χ0) is 10.3. The molecular formula is C9H5BrO2S2. The standard InChI is InChI=1S/C9H5BrO2S2/c10-8-4-1-2-14-6(4)3-5(13)7(8)9(11)12/h1-3,13H,(H,11,12). The predicted molar refractivity (Wildman–Crippen MR) is 63.7 cm³/mol. The van der Waals surface area contributed by atoms with E-state index in [0.29, 0.717) is 9.37 Å². The van der Waals surface area contributed by atoms with Crippen LogP contribution in [0.1, 0.15) is 10.4 Å². The molecule has 1 N–H and O–H groups in total. The summed E-state index contributed by atoms with van der Waals surface area (Å²) in [6.45, 7) is 0. The van der Waals surface area contributed by atoms with Crippen LogP contribution in [0, 0.1) is 0 Å². The number of benzene rings is 1. The predicted octanol–water partition coefficient (Wildman–Crippen LogP) is 3.65. The van der Waals surface area contributed by atoms with Gasteiger partial charge in [-0.2, -0.15) is 0 Å². The van der Waals surface area contributed by atoms with E-state index in [-0.39, 0.29) is 5.56 Å². The summed E-state index contributed by atoms with van der Waals surface area (Å²) < 4.78 is 1.64. The fraction of sp³-hybridized carbons (Fsp3) is 0. The molecule has 0 saturated heterocycles. The molecule has 0 saturated carbocycles. The first-order valence-corrected chi connectivity index (χ1v) is 5.85. The molecule has 1 aromatic carbocycles. The van der Waals surface area contributed by atoms with Gasteiger partial charge in [-0.3, -0.25) is 0 Å². The Morgan fingerprint density at radius 3 is 2.93 bits per heavy atom. The Hall–Kier alpha value is -0.520. The Bertz CT molecular complexity index is 519. The fourth-order valence-electron chi connectivity index (χ4n) is 1.26. The van der Waals surface area contributed by atoms with Crippen molar-refractivity contribution in [1.82, 2.24) is 0 Å². The summed E-state index contributed by atoms with van der Waals surface area (Å²) in [6.07, 6.45) is 0. The molecule has 2 nitrogen and oxygen atoms in total. The Balaban J connectivity index is 2.89. The van der Waals surface area contributed by atoms with Crippen LogP contribution < -0.4 is 0 Å². The lowest BCUT2D eigenvalue weighted by Crippen LogP contribution is -1.99. The van der Waals surface area contributed by atoms with Gasteiger partial charge in [0.05, 0.1) is 5.56 Å². The van der Waals surface area contributed by atoms with E-state index in [1.807, 2.05) is 11.4 Å². The van der Waals surface area contributed by atoms with Crippen LogP contribution in [-0.4, -0.2) is 11.1 Å². The molecule has 0 radical (unpaired) electrons. The number of carboxylic acid groups (broad SMARTS) is 1. The highest BCUT2D eigenvalue weighted by Crippen LogP contribution is 2.35. The van der Waals surface area contributed by atoms with Gasteiger partial charge in [0.25, 0.3) is 0 Å². The third-order valence-electron chi connectivity index (χ3n) is 1.89. The van der Waals surface area contributed by atoms with E-state index in [1.54, 1.807) is 17.4 Å². The van der Waals surface area contributed by atoms with Gasteiger partial charge in [0, 0.05) is 19.5 Å². The number of carboxylic acids is 1. The topological polar surface area (TPSA) is 37.3 Å². The third-order valence-corrected chi connectivity index (χ3v) is 3.93. The van der Waals surface area contributed by atoms with Gasteiger partial charge in [0.15, 0.2) is 0 Å². The molecule has 14 heavy (non-hydrogen) atoms. The highest BCUT2D eigenvalue weighted by Gasteiger charge is 2.15. The number of aromatic carboxylic acids is 1. The maximum atomic E-state index is 10.9. The van der Waals surface area contributed by atoms with Crippen molar-refractivity contribution in [3.05, 3.63) is 27.5 Å². The smallest absolute Gasteiger partial charge is 0.338 e. The van der Waals surface area contributed by atoms with E-state index in [1.165, 1.54) is 0 Å². The van der Waals surface area contributed by atoms with Crippen molar-refractivity contribution in [2.75, 3.05) is 0 Å². The molecule has 2 rings (SSSR count). The van der Waals surface area contributed by atoms with Crippen LogP contribution >= 0.6 is 39.9 Å². The molecule has 5 heteroatoms. The summed E-state index contributed by atoms with van der Waals surface area (Å²) in [5, 5.41) is 11.8. The zero-order valence-corrected chi connectivity index (χ0v) is 10.1. The fourth-order valence-corrected chi connectivity index (χ4v) is 3.53. The minimum atomic E-state index is -0.963. The number of fused-ring (bicyclic) bond motifs is 1. The van der Waals surface area contributed by atoms with Gasteiger partial charge in [-0.15, -0.1) is 24.0 Å². The van der Waals surface area contributed by atoms with Gasteiger partial charge < -0.3 is 5.11 Å². The summed E-state index contributed by atoms with van der Waals surface area (Å²) in [7, 11) is 0. The molecule has 0 aliphatic heterocycles. The molecule has 72 valence electrons. The van der Waals surface area contributed by atoms with E-state index in [0.717, 1.165) is 10.1 Å². The van der Waals surface area contributed by atoms with Crippen LogP contribution in [0.4, 0.5) is 0 Å². The molecule has 0 fully saturated rings. The van der Waals surface area contributed by atoms with E-state index in [9.17, 15) is 4.79 Å². The summed E-state index contributed by atoms with van der Waals surface area (Å²) in [6, 6.07) is 3.67. The Morgan fingerprint density at radius 2 is 2.29 bits per heavy atom. The first kappa shape index (κ1) is 10.0. The van der Waals surface area contributed by atoms with Crippen molar-refractivity contribution in [3.63, 3.8) is 0 Å². The molecule has 1 heterocycles. The van der Waals surface area contributed by atoms with Crippen molar-refractivity contribution < 1.29 is 9.90 Å². The molecule has 1 aromatic heterocycles. The Labute approximate surface area is 98.1 Å². The summed E-state index contributed by atoms with van der Waals surface area (Å²) in [5.41, 5.74) is 0.222. The van der Waals surface area contributed by atoms with Crippen LogP contribution in [0.25, 0.3) is 10.1 Å². The lowest BCUT2D eigenvalue weighted by atomic mass is 10.2. The molecule has 2 aromatic rings. The second-order valence-electron chi connectivity index (χ2n) is 2.72. The Morgan fingerprint density at radius 1 is 1.57 bits per heavy atom. The first-order chi connectivity index (χ1) is 6.61. The number of thiophene rings is 1. The van der Waals surface area contributed by atoms with Gasteiger partial charge >= 0.3 is 5.97 Å². The summed E-state index contributed by atoms with van der Waals surface area (Å²) in [5.74, 6) is -0.963. The van der Waals surface area contributed by atoms with Crippen molar-refractivity contribution in [2.45, 2.75) is 4.90 Å². The van der Waals surface area contributed by atoms with Crippen LogP contribution in [0.5, 0.6) is 0 Å². The first-order valence-electron chi connectivity index (χ1n) is 3.73.